The molecule has 0 saturated carbocycles. The van der Waals surface area contributed by atoms with Crippen LogP contribution in [-0.4, -0.2) is 40.2 Å². The number of carbonyl (C=O) groups is 1. The van der Waals surface area contributed by atoms with Crippen molar-refractivity contribution in [1.82, 2.24) is 14.4 Å². The fourth-order valence-corrected chi connectivity index (χ4v) is 3.16. The minimum atomic E-state index is -4.26. The molecule has 3 aromatic rings. The Bertz CT molecular complexity index is 1030. The Morgan fingerprint density at radius 3 is 2.75 bits per heavy atom. The zero-order chi connectivity index (χ0) is 20.5. The maximum atomic E-state index is 12.4. The van der Waals surface area contributed by atoms with Crippen molar-refractivity contribution in [1.29, 1.82) is 0 Å². The number of carbonyl (C=O) groups excluding carboxylic acids is 1. The molecule has 148 valence electrons. The van der Waals surface area contributed by atoms with Gasteiger partial charge in [-0.3, -0.25) is 4.40 Å². The second kappa shape index (κ2) is 7.78. The van der Waals surface area contributed by atoms with E-state index in [9.17, 15) is 18.0 Å². The highest BCUT2D eigenvalue weighted by atomic mass is 79.9. The summed E-state index contributed by atoms with van der Waals surface area (Å²) in [5.74, 6) is -0.182. The van der Waals surface area contributed by atoms with Gasteiger partial charge in [-0.05, 0) is 40.5 Å². The van der Waals surface area contributed by atoms with E-state index in [2.05, 4.69) is 31.2 Å². The van der Waals surface area contributed by atoms with Crippen LogP contribution in [0.5, 0.6) is 0 Å². The third-order valence-corrected chi connectivity index (χ3v) is 4.47. The summed E-state index contributed by atoms with van der Waals surface area (Å²) in [6.45, 7) is 1.48. The van der Waals surface area contributed by atoms with Gasteiger partial charge in [0.15, 0.2) is 11.5 Å². The first kappa shape index (κ1) is 20.1. The van der Waals surface area contributed by atoms with Gasteiger partial charge in [0, 0.05) is 18.3 Å². The van der Waals surface area contributed by atoms with Crippen molar-refractivity contribution < 1.29 is 22.7 Å². The number of nitrogens with one attached hydrogen (secondary N) is 1. The summed E-state index contributed by atoms with van der Waals surface area (Å²) in [6, 6.07) is 5.24. The molecule has 1 N–H and O–H groups in total. The van der Waals surface area contributed by atoms with Gasteiger partial charge >= 0.3 is 12.1 Å². The lowest BCUT2D eigenvalue weighted by atomic mass is 10.0. The van der Waals surface area contributed by atoms with E-state index in [1.54, 1.807) is 35.9 Å². The molecule has 6 nitrogen and oxygen atoms in total. The summed E-state index contributed by atoms with van der Waals surface area (Å²) in [7, 11) is 1.32. The maximum absolute atomic E-state index is 12.4. The van der Waals surface area contributed by atoms with Gasteiger partial charge in [-0.15, -0.1) is 0 Å². The summed E-state index contributed by atoms with van der Waals surface area (Å²) in [6.07, 6.45) is -1.95. The number of hydrogen-bond acceptors (Lipinski definition) is 5. The summed E-state index contributed by atoms with van der Waals surface area (Å²) < 4.78 is 44.1. The quantitative estimate of drug-likeness (QED) is 0.567. The molecule has 2 aromatic heterocycles. The van der Waals surface area contributed by atoms with Gasteiger partial charge in [0.2, 0.25) is 0 Å². The van der Waals surface area contributed by atoms with Crippen LogP contribution in [0, 0.1) is 6.92 Å². The van der Waals surface area contributed by atoms with Crippen LogP contribution < -0.4 is 5.32 Å². The highest BCUT2D eigenvalue weighted by Crippen LogP contribution is 2.28. The van der Waals surface area contributed by atoms with Crippen LogP contribution >= 0.6 is 15.9 Å². The van der Waals surface area contributed by atoms with Gasteiger partial charge in [-0.1, -0.05) is 6.07 Å². The minimum absolute atomic E-state index is 0.243. The number of fused-ring (bicyclic) bond motifs is 1. The monoisotopic (exact) mass is 456 g/mol. The van der Waals surface area contributed by atoms with E-state index in [-0.39, 0.29) is 12.4 Å². The topological polar surface area (TPSA) is 68.5 Å². The van der Waals surface area contributed by atoms with Crippen molar-refractivity contribution in [3.8, 4) is 11.3 Å². The number of aromatic nitrogens is 3. The number of nitrogens with zero attached hydrogens (tertiary/aromatic N) is 3. The molecule has 0 amide bonds. The van der Waals surface area contributed by atoms with E-state index in [0.717, 1.165) is 11.1 Å². The number of aryl methyl sites for hydroxylation is 1. The Labute approximate surface area is 166 Å². The molecule has 0 aliphatic heterocycles. The fraction of sp³-hybridized carbons (Fsp3) is 0.278. The van der Waals surface area contributed by atoms with Crippen molar-refractivity contribution in [2.24, 2.45) is 0 Å². The van der Waals surface area contributed by atoms with Gasteiger partial charge in [0.05, 0.1) is 31.0 Å². The number of alkyl halides is 3. The van der Waals surface area contributed by atoms with Crippen molar-refractivity contribution in [2.45, 2.75) is 19.5 Å². The zero-order valence-electron chi connectivity index (χ0n) is 15.0. The van der Waals surface area contributed by atoms with Crippen LogP contribution in [0.4, 0.5) is 19.0 Å². The van der Waals surface area contributed by atoms with E-state index in [1.165, 1.54) is 7.11 Å². The smallest absolute Gasteiger partial charge is 0.390 e. The highest BCUT2D eigenvalue weighted by Gasteiger charge is 2.26. The number of rotatable bonds is 5. The average molecular weight is 457 g/mol. The summed E-state index contributed by atoms with van der Waals surface area (Å²) in [5.41, 5.74) is 3.08. The van der Waals surface area contributed by atoms with Gasteiger partial charge < -0.3 is 10.1 Å². The lowest BCUT2D eigenvalue weighted by Crippen LogP contribution is -2.15. The molecule has 0 unspecified atom stereocenters. The Balaban J connectivity index is 1.98. The fourth-order valence-electron chi connectivity index (χ4n) is 2.78. The first-order valence-electron chi connectivity index (χ1n) is 8.23. The van der Waals surface area contributed by atoms with Crippen LogP contribution in [-0.2, 0) is 4.74 Å². The molecular weight excluding hydrogens is 441 g/mol. The van der Waals surface area contributed by atoms with E-state index in [0.29, 0.717) is 21.5 Å². The van der Waals surface area contributed by atoms with Crippen molar-refractivity contribution >= 4 is 33.4 Å². The first-order chi connectivity index (χ1) is 13.2. The predicted molar refractivity (Wildman–Crippen MR) is 101 cm³/mol. The van der Waals surface area contributed by atoms with Gasteiger partial charge in [-0.2, -0.15) is 13.2 Å². The molecule has 0 aliphatic rings. The molecule has 0 aliphatic carbocycles. The van der Waals surface area contributed by atoms with Gasteiger partial charge in [0.1, 0.15) is 4.60 Å². The molecule has 3 rings (SSSR count). The highest BCUT2D eigenvalue weighted by molar-refractivity contribution is 9.10. The number of esters is 1. The lowest BCUT2D eigenvalue weighted by Gasteiger charge is -2.11. The minimum Gasteiger partial charge on any atom is -0.465 e. The Hall–Kier alpha value is -2.62. The summed E-state index contributed by atoms with van der Waals surface area (Å²) in [4.78, 5) is 20.2. The summed E-state index contributed by atoms with van der Waals surface area (Å²) in [5, 5.41) is 2.69. The number of anilines is 1. The molecule has 0 radical (unpaired) electrons. The molecule has 1 aromatic carbocycles. The first-order valence-corrected chi connectivity index (χ1v) is 9.02. The average Bonchev–Trinajstić information content (AvgIpc) is 3.03. The normalized spacial score (nSPS) is 11.6. The number of benzene rings is 1. The zero-order valence-corrected chi connectivity index (χ0v) is 16.6. The van der Waals surface area contributed by atoms with Crippen LogP contribution in [0.25, 0.3) is 16.9 Å². The largest absolute Gasteiger partial charge is 0.465 e. The second-order valence-corrected chi connectivity index (χ2v) is 6.87. The van der Waals surface area contributed by atoms with Crippen molar-refractivity contribution in [2.75, 3.05) is 19.0 Å². The molecule has 2 heterocycles. The van der Waals surface area contributed by atoms with Crippen LogP contribution in [0.2, 0.25) is 0 Å². The van der Waals surface area contributed by atoms with Crippen LogP contribution in [0.1, 0.15) is 22.3 Å². The second-order valence-electron chi connectivity index (χ2n) is 6.06. The van der Waals surface area contributed by atoms with Crippen molar-refractivity contribution in [3.63, 3.8) is 0 Å². The Morgan fingerprint density at radius 2 is 2.11 bits per heavy atom. The predicted octanol–water partition coefficient (Wildman–Crippen LogP) is 4.62. The maximum Gasteiger partial charge on any atom is 0.390 e. The molecule has 28 heavy (non-hydrogen) atoms. The van der Waals surface area contributed by atoms with E-state index in [1.807, 2.05) is 6.07 Å². The molecule has 0 fully saturated rings. The number of hydrogen-bond donors (Lipinski definition) is 1. The molecular formula is C18H16BrF3N4O2. The standard InChI is InChI=1S/C18H16BrF3N4O2/c1-10-7-11(3-4-12(10)17(27)28-2)13-8-24-16-15(23-6-5-18(20,21)22)25-14(19)9-26(13)16/h3-4,7-9H,5-6H2,1-2H3,(H,23,25). The summed E-state index contributed by atoms with van der Waals surface area (Å²) >= 11 is 3.28. The number of methoxy groups -OCH3 is 1. The molecule has 10 heteroatoms. The number of ether oxygens (including phenoxy) is 1. The van der Waals surface area contributed by atoms with E-state index in [4.69, 9.17) is 4.74 Å². The number of halogens is 4. The van der Waals surface area contributed by atoms with Gasteiger partial charge in [-0.25, -0.2) is 14.8 Å². The van der Waals surface area contributed by atoms with Gasteiger partial charge in [0.25, 0.3) is 0 Å². The Morgan fingerprint density at radius 1 is 1.36 bits per heavy atom. The number of imidazole rings is 1. The Kier molecular flexibility index (Phi) is 5.59. The molecule has 0 spiro atoms. The lowest BCUT2D eigenvalue weighted by molar-refractivity contribution is -0.131. The molecule has 0 bridgehead atoms. The molecule has 0 saturated heterocycles. The molecule has 0 atom stereocenters. The SMILES string of the molecule is COC(=O)c1ccc(-c2cnc3c(NCCC(F)(F)F)nc(Br)cn23)cc1C. The van der Waals surface area contributed by atoms with Crippen LogP contribution in [0.3, 0.4) is 0 Å². The third kappa shape index (κ3) is 4.27. The van der Waals surface area contributed by atoms with Crippen LogP contribution in [0.15, 0.2) is 35.2 Å². The van der Waals surface area contributed by atoms with E-state index >= 15 is 0 Å². The van der Waals surface area contributed by atoms with Crippen molar-refractivity contribution in [3.05, 3.63) is 46.3 Å². The third-order valence-electron chi connectivity index (χ3n) is 4.09. The van der Waals surface area contributed by atoms with E-state index < -0.39 is 18.6 Å².